The summed E-state index contributed by atoms with van der Waals surface area (Å²) in [6.45, 7) is 1.31. The van der Waals surface area contributed by atoms with Gasteiger partial charge >= 0.3 is 18.1 Å². The number of alkyl halides is 5. The van der Waals surface area contributed by atoms with E-state index in [0.717, 1.165) is 5.38 Å². The molecule has 108 valence electrons. The molecule has 0 aliphatic heterocycles. The monoisotopic (exact) mass is 305 g/mol. The Hall–Kier alpha value is -1.29. The van der Waals surface area contributed by atoms with Crippen molar-refractivity contribution in [1.82, 2.24) is 4.98 Å². The zero-order valence-corrected chi connectivity index (χ0v) is 10.1. The molecule has 2 N–H and O–H groups in total. The molecule has 1 aromatic heterocycles. The minimum Gasteiger partial charge on any atom is -0.481 e. The highest BCUT2D eigenvalue weighted by Gasteiger charge is 2.72. The van der Waals surface area contributed by atoms with E-state index in [9.17, 15) is 31.9 Å². The molecule has 4 nitrogen and oxygen atoms in total. The molecule has 0 unspecified atom stereocenters. The normalized spacial score (nSPS) is 16.2. The summed E-state index contributed by atoms with van der Waals surface area (Å²) >= 11 is 0.337. The van der Waals surface area contributed by atoms with Crippen molar-refractivity contribution in [1.29, 1.82) is 0 Å². The Labute approximate surface area is 107 Å². The van der Waals surface area contributed by atoms with E-state index in [2.05, 4.69) is 4.98 Å². The van der Waals surface area contributed by atoms with Crippen LogP contribution < -0.4 is 0 Å². The molecule has 0 amide bonds. The zero-order valence-electron chi connectivity index (χ0n) is 9.33. The van der Waals surface area contributed by atoms with Crippen LogP contribution in [0.1, 0.15) is 17.1 Å². The second-order valence-electron chi connectivity index (χ2n) is 3.80. The third-order valence-corrected chi connectivity index (χ3v) is 3.37. The maximum Gasteiger partial charge on any atom is 0.456 e. The highest BCUT2D eigenvalue weighted by molar-refractivity contribution is 7.09. The van der Waals surface area contributed by atoms with Gasteiger partial charge in [-0.05, 0) is 6.92 Å². The Morgan fingerprint density at radius 3 is 2.21 bits per heavy atom. The molecule has 19 heavy (non-hydrogen) atoms. The van der Waals surface area contributed by atoms with Crippen molar-refractivity contribution >= 4 is 17.3 Å². The predicted molar refractivity (Wildman–Crippen MR) is 54.0 cm³/mol. The van der Waals surface area contributed by atoms with E-state index in [1.807, 2.05) is 0 Å². The number of aliphatic carboxylic acids is 1. The van der Waals surface area contributed by atoms with Gasteiger partial charge in [0.25, 0.3) is 0 Å². The number of halogens is 5. The van der Waals surface area contributed by atoms with Crippen LogP contribution in [0.25, 0.3) is 0 Å². The van der Waals surface area contributed by atoms with E-state index in [1.165, 1.54) is 6.92 Å². The van der Waals surface area contributed by atoms with Crippen LogP contribution in [0.15, 0.2) is 5.38 Å². The Balaban J connectivity index is 3.40. The van der Waals surface area contributed by atoms with Gasteiger partial charge in [0, 0.05) is 11.1 Å². The molecule has 1 aromatic rings. The Kier molecular flexibility index (Phi) is 3.88. The van der Waals surface area contributed by atoms with Crippen LogP contribution in [-0.4, -0.2) is 33.3 Å². The number of hydrogen-bond donors (Lipinski definition) is 2. The number of carboxylic acids is 1. The number of nitrogens with zero attached hydrogens (tertiary/aromatic N) is 1. The van der Waals surface area contributed by atoms with Gasteiger partial charge in [0.1, 0.15) is 5.01 Å². The summed E-state index contributed by atoms with van der Waals surface area (Å²) in [5, 5.41) is 18.2. The molecule has 0 bridgehead atoms. The molecule has 0 saturated heterocycles. The number of thiazole rings is 1. The number of carboxylic acid groups (broad SMARTS) is 1. The molecule has 0 saturated carbocycles. The summed E-state index contributed by atoms with van der Waals surface area (Å²) in [6.07, 6.45) is -7.91. The minimum absolute atomic E-state index is 0.0989. The standard InChI is InChI=1S/C9H8F5NO3S/c1-4-3-19-6(15-4)7(18,2-5(16)17)8(10,11)9(12,13)14/h3,18H,2H2,1H3,(H,16,17)/t7-/m1/s1. The summed E-state index contributed by atoms with van der Waals surface area (Å²) in [6, 6.07) is 0. The van der Waals surface area contributed by atoms with Gasteiger partial charge < -0.3 is 10.2 Å². The van der Waals surface area contributed by atoms with Crippen molar-refractivity contribution in [2.75, 3.05) is 0 Å². The molecule has 0 aromatic carbocycles. The molecule has 0 aliphatic carbocycles. The third kappa shape index (κ3) is 2.68. The molecule has 1 atom stereocenters. The highest BCUT2D eigenvalue weighted by Crippen LogP contribution is 2.50. The fourth-order valence-electron chi connectivity index (χ4n) is 1.32. The van der Waals surface area contributed by atoms with Crippen LogP contribution in [0.5, 0.6) is 0 Å². The summed E-state index contributed by atoms with van der Waals surface area (Å²) in [5.74, 6) is -7.64. The molecular weight excluding hydrogens is 297 g/mol. The number of aliphatic hydroxyl groups is 1. The van der Waals surface area contributed by atoms with Crippen LogP contribution in [0.2, 0.25) is 0 Å². The summed E-state index contributed by atoms with van der Waals surface area (Å²) in [7, 11) is 0. The van der Waals surface area contributed by atoms with Gasteiger partial charge in [0.15, 0.2) is 5.60 Å². The van der Waals surface area contributed by atoms with Crippen molar-refractivity contribution < 1.29 is 37.0 Å². The average molecular weight is 305 g/mol. The van der Waals surface area contributed by atoms with Gasteiger partial charge in [0.2, 0.25) is 0 Å². The number of rotatable bonds is 4. The van der Waals surface area contributed by atoms with Gasteiger partial charge in [-0.15, -0.1) is 11.3 Å². The van der Waals surface area contributed by atoms with Crippen molar-refractivity contribution in [2.24, 2.45) is 0 Å². The molecule has 0 radical (unpaired) electrons. The number of aromatic nitrogens is 1. The SMILES string of the molecule is Cc1csc([C@](O)(CC(=O)O)C(F)(F)C(F)(F)F)n1. The van der Waals surface area contributed by atoms with Gasteiger partial charge in [0.05, 0.1) is 6.42 Å². The maximum absolute atomic E-state index is 13.4. The molecule has 0 aliphatic rings. The largest absolute Gasteiger partial charge is 0.481 e. The smallest absolute Gasteiger partial charge is 0.456 e. The fourth-order valence-corrected chi connectivity index (χ4v) is 2.25. The number of hydrogen-bond acceptors (Lipinski definition) is 4. The van der Waals surface area contributed by atoms with Crippen LogP contribution in [0.3, 0.4) is 0 Å². The van der Waals surface area contributed by atoms with Gasteiger partial charge in [-0.25, -0.2) is 4.98 Å². The van der Waals surface area contributed by atoms with Crippen LogP contribution >= 0.6 is 11.3 Å². The van der Waals surface area contributed by atoms with Crippen LogP contribution in [0, 0.1) is 6.92 Å². The van der Waals surface area contributed by atoms with E-state index in [4.69, 9.17) is 5.11 Å². The van der Waals surface area contributed by atoms with Gasteiger partial charge in [-0.2, -0.15) is 22.0 Å². The van der Waals surface area contributed by atoms with E-state index in [0.29, 0.717) is 11.3 Å². The lowest BCUT2D eigenvalue weighted by Gasteiger charge is -2.34. The highest BCUT2D eigenvalue weighted by atomic mass is 32.1. The first-order valence-electron chi connectivity index (χ1n) is 4.73. The van der Waals surface area contributed by atoms with Crippen molar-refractivity contribution in [3.05, 3.63) is 16.1 Å². The van der Waals surface area contributed by atoms with Crippen LogP contribution in [0.4, 0.5) is 22.0 Å². The van der Waals surface area contributed by atoms with Gasteiger partial charge in [-0.1, -0.05) is 0 Å². The Morgan fingerprint density at radius 2 is 1.89 bits per heavy atom. The molecule has 0 fully saturated rings. The second-order valence-corrected chi connectivity index (χ2v) is 4.66. The third-order valence-electron chi connectivity index (χ3n) is 2.26. The lowest BCUT2D eigenvalue weighted by Crippen LogP contribution is -2.55. The number of aryl methyl sites for hydroxylation is 1. The van der Waals surface area contributed by atoms with Crippen molar-refractivity contribution in [3.63, 3.8) is 0 Å². The van der Waals surface area contributed by atoms with Gasteiger partial charge in [-0.3, -0.25) is 4.79 Å². The molecule has 1 rings (SSSR count). The minimum atomic E-state index is -6.10. The first-order valence-corrected chi connectivity index (χ1v) is 5.61. The Bertz CT molecular complexity index is 486. The maximum atomic E-state index is 13.4. The first kappa shape index (κ1) is 15.8. The lowest BCUT2D eigenvalue weighted by atomic mass is 9.91. The number of carbonyl (C=O) groups is 1. The van der Waals surface area contributed by atoms with E-state index in [1.54, 1.807) is 0 Å². The zero-order chi connectivity index (χ0) is 15.1. The Morgan fingerprint density at radius 1 is 1.37 bits per heavy atom. The van der Waals surface area contributed by atoms with Crippen LogP contribution in [-0.2, 0) is 10.4 Å². The summed E-state index contributed by atoms with van der Waals surface area (Å²) in [4.78, 5) is 13.8. The van der Waals surface area contributed by atoms with E-state index >= 15 is 0 Å². The molecule has 1 heterocycles. The first-order chi connectivity index (χ1) is 8.42. The van der Waals surface area contributed by atoms with E-state index < -0.39 is 35.1 Å². The fraction of sp³-hybridized carbons (Fsp3) is 0.556. The molecular formula is C9H8F5NO3S. The lowest BCUT2D eigenvalue weighted by molar-refractivity contribution is -0.346. The average Bonchev–Trinajstić information content (AvgIpc) is 2.62. The molecule has 10 heteroatoms. The summed E-state index contributed by atoms with van der Waals surface area (Å²) < 4.78 is 63.8. The second kappa shape index (κ2) is 4.67. The van der Waals surface area contributed by atoms with Crippen molar-refractivity contribution in [3.8, 4) is 0 Å². The molecule has 0 spiro atoms. The van der Waals surface area contributed by atoms with Crippen molar-refractivity contribution in [2.45, 2.75) is 31.0 Å². The quantitative estimate of drug-likeness (QED) is 0.838. The van der Waals surface area contributed by atoms with E-state index in [-0.39, 0.29) is 5.69 Å². The predicted octanol–water partition coefficient (Wildman–Crippen LogP) is 2.31. The summed E-state index contributed by atoms with van der Waals surface area (Å²) in [5.41, 5.74) is -3.84. The topological polar surface area (TPSA) is 70.4 Å².